The Kier molecular flexibility index (Phi) is 3.63. The number of carbonyl (C=O) groups is 1. The highest BCUT2D eigenvalue weighted by atomic mass is 32.1. The third-order valence-corrected chi connectivity index (χ3v) is 6.39. The number of para-hydroxylation sites is 1. The molecule has 2 atom stereocenters. The molecule has 26 heavy (non-hydrogen) atoms. The molecule has 0 radical (unpaired) electrons. The molecule has 5 rings (SSSR count). The topological polar surface area (TPSA) is 62.2 Å². The van der Waals surface area contributed by atoms with Crippen molar-refractivity contribution in [2.75, 3.05) is 31.1 Å². The molecule has 0 N–H and O–H groups in total. The zero-order valence-electron chi connectivity index (χ0n) is 14.5. The van der Waals surface area contributed by atoms with Crippen LogP contribution in [0.4, 0.5) is 5.82 Å². The van der Waals surface area contributed by atoms with Crippen LogP contribution in [0.15, 0.2) is 36.7 Å². The first kappa shape index (κ1) is 15.7. The second-order valence-electron chi connectivity index (χ2n) is 7.14. The first-order valence-electron chi connectivity index (χ1n) is 8.86. The van der Waals surface area contributed by atoms with Gasteiger partial charge in [0.25, 0.3) is 5.91 Å². The summed E-state index contributed by atoms with van der Waals surface area (Å²) in [6.07, 6.45) is 1.63. The predicted octanol–water partition coefficient (Wildman–Crippen LogP) is 2.60. The first-order valence-corrected chi connectivity index (χ1v) is 9.67. The van der Waals surface area contributed by atoms with E-state index < -0.39 is 0 Å². The van der Waals surface area contributed by atoms with Crippen molar-refractivity contribution in [3.63, 3.8) is 0 Å². The SMILES string of the molecule is Cc1cc(N2CC3CN(C(=O)c4nc5ccccc5s4)CC3C2)ncn1. The molecule has 7 heteroatoms. The number of thiazole rings is 1. The van der Waals surface area contributed by atoms with Crippen molar-refractivity contribution < 1.29 is 4.79 Å². The lowest BCUT2D eigenvalue weighted by molar-refractivity contribution is 0.0782. The molecule has 0 aliphatic carbocycles. The van der Waals surface area contributed by atoms with Crippen LogP contribution in [0.2, 0.25) is 0 Å². The largest absolute Gasteiger partial charge is 0.356 e. The van der Waals surface area contributed by atoms with Gasteiger partial charge in [-0.2, -0.15) is 0 Å². The van der Waals surface area contributed by atoms with Gasteiger partial charge in [-0.25, -0.2) is 15.0 Å². The standard InChI is InChI=1S/C19H19N5OS/c1-12-6-17(21-11-20-12)23-7-13-9-24(10-14(13)8-23)19(25)18-22-15-4-2-3-5-16(15)26-18/h2-6,11,13-14H,7-10H2,1H3. The zero-order chi connectivity index (χ0) is 17.7. The second-order valence-corrected chi connectivity index (χ2v) is 8.17. The number of aromatic nitrogens is 3. The van der Waals surface area contributed by atoms with Gasteiger partial charge in [0.1, 0.15) is 12.1 Å². The Labute approximate surface area is 155 Å². The number of rotatable bonds is 2. The maximum Gasteiger partial charge on any atom is 0.282 e. The third kappa shape index (κ3) is 2.63. The number of hydrogen-bond donors (Lipinski definition) is 0. The van der Waals surface area contributed by atoms with E-state index in [2.05, 4.69) is 19.9 Å². The van der Waals surface area contributed by atoms with Crippen LogP contribution in [0.3, 0.4) is 0 Å². The fourth-order valence-corrected chi connectivity index (χ4v) is 4.99. The number of benzene rings is 1. The van der Waals surface area contributed by atoms with Crippen molar-refractivity contribution in [2.45, 2.75) is 6.92 Å². The number of likely N-dealkylation sites (tertiary alicyclic amines) is 1. The minimum atomic E-state index is 0.0741. The summed E-state index contributed by atoms with van der Waals surface area (Å²) >= 11 is 1.49. The number of amides is 1. The van der Waals surface area contributed by atoms with Crippen LogP contribution in [0.5, 0.6) is 0 Å². The molecular weight excluding hydrogens is 346 g/mol. The van der Waals surface area contributed by atoms with E-state index in [0.717, 1.165) is 47.9 Å². The van der Waals surface area contributed by atoms with Crippen molar-refractivity contribution in [2.24, 2.45) is 11.8 Å². The molecule has 6 nitrogen and oxygen atoms in total. The van der Waals surface area contributed by atoms with Crippen LogP contribution in [0, 0.1) is 18.8 Å². The van der Waals surface area contributed by atoms with Crippen LogP contribution >= 0.6 is 11.3 Å². The summed E-state index contributed by atoms with van der Waals surface area (Å²) in [5.74, 6) is 2.08. The molecule has 2 unspecified atom stereocenters. The second kappa shape index (κ2) is 6.02. The van der Waals surface area contributed by atoms with E-state index in [-0.39, 0.29) is 5.91 Å². The van der Waals surface area contributed by atoms with Crippen molar-refractivity contribution in [1.82, 2.24) is 19.9 Å². The van der Waals surface area contributed by atoms with Crippen LogP contribution in [0.25, 0.3) is 10.2 Å². The van der Waals surface area contributed by atoms with E-state index in [4.69, 9.17) is 0 Å². The van der Waals surface area contributed by atoms with E-state index in [1.807, 2.05) is 42.2 Å². The molecule has 2 saturated heterocycles. The summed E-state index contributed by atoms with van der Waals surface area (Å²) in [5, 5.41) is 0.606. The van der Waals surface area contributed by atoms with Crippen LogP contribution in [-0.4, -0.2) is 51.9 Å². The van der Waals surface area contributed by atoms with Gasteiger partial charge in [-0.05, 0) is 19.1 Å². The van der Waals surface area contributed by atoms with Gasteiger partial charge in [0.15, 0.2) is 5.01 Å². The van der Waals surface area contributed by atoms with Gasteiger partial charge in [-0.15, -0.1) is 11.3 Å². The number of nitrogens with zero attached hydrogens (tertiary/aromatic N) is 5. The summed E-state index contributed by atoms with van der Waals surface area (Å²) in [5.41, 5.74) is 1.89. The monoisotopic (exact) mass is 365 g/mol. The number of fused-ring (bicyclic) bond motifs is 2. The van der Waals surface area contributed by atoms with Gasteiger partial charge in [0.05, 0.1) is 10.2 Å². The van der Waals surface area contributed by atoms with Gasteiger partial charge >= 0.3 is 0 Å². The average molecular weight is 365 g/mol. The highest BCUT2D eigenvalue weighted by Crippen LogP contribution is 2.34. The molecular formula is C19H19N5OS. The molecule has 132 valence electrons. The number of hydrogen-bond acceptors (Lipinski definition) is 6. The maximum atomic E-state index is 12.9. The van der Waals surface area contributed by atoms with Crippen molar-refractivity contribution in [3.05, 3.63) is 47.4 Å². The lowest BCUT2D eigenvalue weighted by atomic mass is 10.0. The zero-order valence-corrected chi connectivity index (χ0v) is 15.3. The molecule has 0 saturated carbocycles. The van der Waals surface area contributed by atoms with E-state index in [1.54, 1.807) is 6.33 Å². The molecule has 1 amide bonds. The van der Waals surface area contributed by atoms with Crippen molar-refractivity contribution in [1.29, 1.82) is 0 Å². The number of carbonyl (C=O) groups excluding carboxylic acids is 1. The summed E-state index contributed by atoms with van der Waals surface area (Å²) in [7, 11) is 0. The lowest BCUT2D eigenvalue weighted by Gasteiger charge is -2.22. The summed E-state index contributed by atoms with van der Waals surface area (Å²) in [4.78, 5) is 30.3. The lowest BCUT2D eigenvalue weighted by Crippen LogP contribution is -2.33. The highest BCUT2D eigenvalue weighted by Gasteiger charge is 2.42. The Morgan fingerprint density at radius 3 is 2.62 bits per heavy atom. The molecule has 2 aromatic heterocycles. The Hall–Kier alpha value is -2.54. The van der Waals surface area contributed by atoms with E-state index in [1.165, 1.54) is 11.3 Å². The predicted molar refractivity (Wildman–Crippen MR) is 101 cm³/mol. The number of aryl methyl sites for hydroxylation is 1. The minimum absolute atomic E-state index is 0.0741. The smallest absolute Gasteiger partial charge is 0.282 e. The van der Waals surface area contributed by atoms with Gasteiger partial charge in [-0.1, -0.05) is 12.1 Å². The summed E-state index contributed by atoms with van der Waals surface area (Å²) in [6, 6.07) is 9.95. The average Bonchev–Trinajstić information content (AvgIpc) is 3.33. The number of anilines is 1. The molecule has 1 aromatic carbocycles. The van der Waals surface area contributed by atoms with Crippen LogP contribution < -0.4 is 4.90 Å². The Balaban J connectivity index is 1.29. The molecule has 4 heterocycles. The highest BCUT2D eigenvalue weighted by molar-refractivity contribution is 7.20. The first-order chi connectivity index (χ1) is 12.7. The summed E-state index contributed by atoms with van der Waals surface area (Å²) in [6.45, 7) is 5.50. The fraction of sp³-hybridized carbons (Fsp3) is 0.368. The van der Waals surface area contributed by atoms with Gasteiger partial charge in [0, 0.05) is 49.8 Å². The maximum absolute atomic E-state index is 12.9. The van der Waals surface area contributed by atoms with Gasteiger partial charge in [0.2, 0.25) is 0 Å². The molecule has 0 spiro atoms. The van der Waals surface area contributed by atoms with Crippen molar-refractivity contribution in [3.8, 4) is 0 Å². The van der Waals surface area contributed by atoms with Gasteiger partial charge < -0.3 is 9.80 Å². The normalized spacial score (nSPS) is 22.2. The summed E-state index contributed by atoms with van der Waals surface area (Å²) < 4.78 is 1.07. The third-order valence-electron chi connectivity index (χ3n) is 5.36. The molecule has 0 bridgehead atoms. The quantitative estimate of drug-likeness (QED) is 0.699. The van der Waals surface area contributed by atoms with Crippen LogP contribution in [0.1, 0.15) is 15.5 Å². The van der Waals surface area contributed by atoms with Crippen molar-refractivity contribution >= 4 is 33.3 Å². The molecule has 3 aromatic rings. The Bertz CT molecular complexity index is 940. The molecule has 2 fully saturated rings. The Morgan fingerprint density at radius 2 is 1.88 bits per heavy atom. The van der Waals surface area contributed by atoms with E-state index in [9.17, 15) is 4.79 Å². The fourth-order valence-electron chi connectivity index (χ4n) is 4.06. The Morgan fingerprint density at radius 1 is 1.12 bits per heavy atom. The molecule has 2 aliphatic rings. The van der Waals surface area contributed by atoms with E-state index >= 15 is 0 Å². The van der Waals surface area contributed by atoms with E-state index in [0.29, 0.717) is 16.8 Å². The van der Waals surface area contributed by atoms with Gasteiger partial charge in [-0.3, -0.25) is 4.79 Å². The molecule has 2 aliphatic heterocycles. The van der Waals surface area contributed by atoms with Crippen LogP contribution in [-0.2, 0) is 0 Å². The minimum Gasteiger partial charge on any atom is -0.356 e.